The predicted octanol–water partition coefficient (Wildman–Crippen LogP) is 2.18. The van der Waals surface area contributed by atoms with Gasteiger partial charge in [0, 0.05) is 42.3 Å². The van der Waals surface area contributed by atoms with Crippen LogP contribution in [0.25, 0.3) is 0 Å². The first-order valence-corrected chi connectivity index (χ1v) is 9.07. The molecule has 0 saturated carbocycles. The normalized spacial score (nSPS) is 25.3. The van der Waals surface area contributed by atoms with E-state index in [9.17, 15) is 9.59 Å². The second kappa shape index (κ2) is 7.34. The van der Waals surface area contributed by atoms with Gasteiger partial charge in [-0.05, 0) is 63.8 Å². The lowest BCUT2D eigenvalue weighted by Crippen LogP contribution is -2.48. The lowest BCUT2D eigenvalue weighted by molar-refractivity contribution is 0.0772. The molecule has 2 saturated heterocycles. The number of nitrogens with one attached hydrogen (secondary N) is 2. The lowest BCUT2D eigenvalue weighted by Gasteiger charge is -2.29. The third-order valence-electron chi connectivity index (χ3n) is 5.25. The Morgan fingerprint density at radius 2 is 1.58 bits per heavy atom. The van der Waals surface area contributed by atoms with Crippen molar-refractivity contribution in [3.8, 4) is 0 Å². The molecule has 0 aromatic heterocycles. The zero-order valence-electron chi connectivity index (χ0n) is 14.5. The summed E-state index contributed by atoms with van der Waals surface area (Å²) in [6, 6.07) is 8.38. The molecule has 130 valence electrons. The van der Waals surface area contributed by atoms with Gasteiger partial charge < -0.3 is 15.5 Å². The smallest absolute Gasteiger partial charge is 0.253 e. The topological polar surface area (TPSA) is 61.4 Å². The van der Waals surface area contributed by atoms with Crippen LogP contribution in [-0.4, -0.2) is 47.9 Å². The molecule has 2 fully saturated rings. The first-order chi connectivity index (χ1) is 11.6. The number of hydrogen-bond acceptors (Lipinski definition) is 3. The highest BCUT2D eigenvalue weighted by Crippen LogP contribution is 2.26. The molecule has 0 aliphatic carbocycles. The summed E-state index contributed by atoms with van der Waals surface area (Å²) in [5.74, 6) is -0.0231. The van der Waals surface area contributed by atoms with Gasteiger partial charge in [-0.15, -0.1) is 0 Å². The molecule has 2 unspecified atom stereocenters. The largest absolute Gasteiger partial charge is 0.349 e. The van der Waals surface area contributed by atoms with E-state index in [2.05, 4.69) is 10.6 Å². The zero-order chi connectivity index (χ0) is 17.1. The van der Waals surface area contributed by atoms with Crippen molar-refractivity contribution in [1.82, 2.24) is 15.5 Å². The van der Waals surface area contributed by atoms with Gasteiger partial charge in [-0.3, -0.25) is 9.59 Å². The number of nitrogens with zero attached hydrogens (tertiary/aromatic N) is 1. The van der Waals surface area contributed by atoms with E-state index in [1.54, 1.807) is 29.2 Å². The van der Waals surface area contributed by atoms with E-state index in [1.165, 1.54) is 12.8 Å². The van der Waals surface area contributed by atoms with Crippen LogP contribution < -0.4 is 10.6 Å². The molecule has 5 heteroatoms. The maximum Gasteiger partial charge on any atom is 0.253 e. The molecule has 3 rings (SSSR count). The summed E-state index contributed by atoms with van der Waals surface area (Å²) < 4.78 is 0. The summed E-state index contributed by atoms with van der Waals surface area (Å²) in [6.07, 6.45) is 4.47. The Labute approximate surface area is 143 Å². The van der Waals surface area contributed by atoms with Gasteiger partial charge in [-0.2, -0.15) is 0 Å². The summed E-state index contributed by atoms with van der Waals surface area (Å²) in [6.45, 7) is 5.32. The summed E-state index contributed by atoms with van der Waals surface area (Å²) in [5, 5.41) is 6.74. The molecule has 24 heavy (non-hydrogen) atoms. The van der Waals surface area contributed by atoms with Crippen LogP contribution in [0.1, 0.15) is 60.2 Å². The van der Waals surface area contributed by atoms with E-state index in [1.807, 2.05) is 13.8 Å². The summed E-state index contributed by atoms with van der Waals surface area (Å²) in [4.78, 5) is 26.5. The second-order valence-electron chi connectivity index (χ2n) is 6.83. The Morgan fingerprint density at radius 3 is 2.12 bits per heavy atom. The van der Waals surface area contributed by atoms with Gasteiger partial charge in [0.05, 0.1) is 0 Å². The fourth-order valence-electron chi connectivity index (χ4n) is 3.90. The Morgan fingerprint density at radius 1 is 1.04 bits per heavy atom. The van der Waals surface area contributed by atoms with Gasteiger partial charge in [0.15, 0.2) is 0 Å². The molecule has 0 radical (unpaired) electrons. The lowest BCUT2D eigenvalue weighted by atomic mass is 9.99. The molecule has 1 aromatic carbocycles. The van der Waals surface area contributed by atoms with Crippen LogP contribution in [0.4, 0.5) is 0 Å². The number of piperidine rings is 1. The molecular formula is C19H27N3O2. The molecule has 0 spiro atoms. The van der Waals surface area contributed by atoms with Crippen molar-refractivity contribution in [3.05, 3.63) is 35.4 Å². The average molecular weight is 329 g/mol. The summed E-state index contributed by atoms with van der Waals surface area (Å²) in [5.41, 5.74) is 1.26. The highest BCUT2D eigenvalue weighted by molar-refractivity contribution is 5.97. The van der Waals surface area contributed by atoms with Crippen LogP contribution in [-0.2, 0) is 0 Å². The fraction of sp³-hybridized carbons (Fsp3) is 0.579. The van der Waals surface area contributed by atoms with Gasteiger partial charge in [-0.1, -0.05) is 0 Å². The van der Waals surface area contributed by atoms with Crippen molar-refractivity contribution in [2.75, 3.05) is 13.1 Å². The van der Waals surface area contributed by atoms with Crippen LogP contribution >= 0.6 is 0 Å². The van der Waals surface area contributed by atoms with Crippen LogP contribution in [0.2, 0.25) is 0 Å². The van der Waals surface area contributed by atoms with E-state index in [0.717, 1.165) is 12.8 Å². The highest BCUT2D eigenvalue weighted by atomic mass is 16.2. The van der Waals surface area contributed by atoms with Gasteiger partial charge in [0.25, 0.3) is 11.8 Å². The molecule has 2 N–H and O–H groups in total. The predicted molar refractivity (Wildman–Crippen MR) is 94.1 cm³/mol. The van der Waals surface area contributed by atoms with E-state index in [-0.39, 0.29) is 17.9 Å². The van der Waals surface area contributed by atoms with Gasteiger partial charge in [0.1, 0.15) is 0 Å². The van der Waals surface area contributed by atoms with E-state index in [0.29, 0.717) is 36.3 Å². The van der Waals surface area contributed by atoms with Gasteiger partial charge >= 0.3 is 0 Å². The Kier molecular flexibility index (Phi) is 5.19. The minimum absolute atomic E-state index is 0.0156. The van der Waals surface area contributed by atoms with Gasteiger partial charge in [0.2, 0.25) is 0 Å². The van der Waals surface area contributed by atoms with Crippen molar-refractivity contribution in [3.63, 3.8) is 0 Å². The SMILES string of the molecule is CCN(CC)C(=O)c1ccc(C(=O)NC2CC3CCC(C2)N3)cc1. The van der Waals surface area contributed by atoms with Crippen molar-refractivity contribution >= 4 is 11.8 Å². The number of carbonyl (C=O) groups is 2. The Hall–Kier alpha value is -1.88. The average Bonchev–Trinajstić information content (AvgIpc) is 2.94. The molecule has 5 nitrogen and oxygen atoms in total. The Balaban J connectivity index is 1.60. The third-order valence-corrected chi connectivity index (χ3v) is 5.25. The molecule has 2 bridgehead atoms. The number of carbonyl (C=O) groups excluding carboxylic acids is 2. The number of fused-ring (bicyclic) bond motifs is 2. The summed E-state index contributed by atoms with van der Waals surface area (Å²) in [7, 11) is 0. The maximum atomic E-state index is 12.4. The first-order valence-electron chi connectivity index (χ1n) is 9.07. The number of benzene rings is 1. The van der Waals surface area contributed by atoms with Gasteiger partial charge in [-0.25, -0.2) is 0 Å². The number of rotatable bonds is 5. The van der Waals surface area contributed by atoms with Crippen LogP contribution in [0.5, 0.6) is 0 Å². The molecule has 2 atom stereocenters. The quantitative estimate of drug-likeness (QED) is 0.870. The third kappa shape index (κ3) is 3.61. The van der Waals surface area contributed by atoms with E-state index < -0.39 is 0 Å². The standard InChI is InChI=1S/C19H27N3O2/c1-3-22(4-2)19(24)14-7-5-13(6-8-14)18(23)21-17-11-15-9-10-16(12-17)20-15/h5-8,15-17,20H,3-4,9-12H2,1-2H3,(H,21,23). The number of amides is 2. The molecule has 1 aromatic rings. The van der Waals surface area contributed by atoms with Crippen molar-refractivity contribution < 1.29 is 9.59 Å². The van der Waals surface area contributed by atoms with Crippen LogP contribution in [0, 0.1) is 0 Å². The van der Waals surface area contributed by atoms with E-state index in [4.69, 9.17) is 0 Å². The minimum atomic E-state index is -0.0388. The second-order valence-corrected chi connectivity index (χ2v) is 6.83. The summed E-state index contributed by atoms with van der Waals surface area (Å²) >= 11 is 0. The molecule has 2 aliphatic rings. The molecule has 2 amide bonds. The minimum Gasteiger partial charge on any atom is -0.349 e. The maximum absolute atomic E-state index is 12.4. The molecular weight excluding hydrogens is 302 g/mol. The van der Waals surface area contributed by atoms with Crippen molar-refractivity contribution in [1.29, 1.82) is 0 Å². The van der Waals surface area contributed by atoms with Crippen LogP contribution in [0.3, 0.4) is 0 Å². The fourth-order valence-corrected chi connectivity index (χ4v) is 3.90. The highest BCUT2D eigenvalue weighted by Gasteiger charge is 2.34. The van der Waals surface area contributed by atoms with Crippen molar-refractivity contribution in [2.24, 2.45) is 0 Å². The molecule has 2 heterocycles. The number of hydrogen-bond donors (Lipinski definition) is 2. The Bertz CT molecular complexity index is 583. The van der Waals surface area contributed by atoms with Crippen LogP contribution in [0.15, 0.2) is 24.3 Å². The molecule has 2 aliphatic heterocycles. The first kappa shape index (κ1) is 17.0. The monoisotopic (exact) mass is 329 g/mol. The van der Waals surface area contributed by atoms with Crippen molar-refractivity contribution in [2.45, 2.75) is 57.7 Å². The zero-order valence-corrected chi connectivity index (χ0v) is 14.5. The van der Waals surface area contributed by atoms with E-state index >= 15 is 0 Å².